The monoisotopic (exact) mass is 629 g/mol. The van der Waals surface area contributed by atoms with Gasteiger partial charge in [0, 0.05) is 15.1 Å². The van der Waals surface area contributed by atoms with Crippen molar-refractivity contribution in [1.29, 1.82) is 0 Å². The highest BCUT2D eigenvalue weighted by Crippen LogP contribution is 2.55. The first-order chi connectivity index (χ1) is 19.2. The Morgan fingerprint density at radius 2 is 1.08 bits per heavy atom. The van der Waals surface area contributed by atoms with Crippen molar-refractivity contribution in [1.82, 2.24) is 4.98 Å². The molecule has 188 valence electrons. The van der Waals surface area contributed by atoms with Crippen LogP contribution >= 0.6 is 31.9 Å². The summed E-state index contributed by atoms with van der Waals surface area (Å²) in [5, 5.41) is 0. The van der Waals surface area contributed by atoms with Crippen LogP contribution in [0.1, 0.15) is 22.4 Å². The Hall–Kier alpha value is -3.79. The molecule has 7 rings (SSSR count). The van der Waals surface area contributed by atoms with Crippen molar-refractivity contribution >= 4 is 31.9 Å². The van der Waals surface area contributed by atoms with E-state index in [0.29, 0.717) is 0 Å². The molecule has 0 fully saturated rings. The largest absolute Gasteiger partial charge is 0.260 e. The highest BCUT2D eigenvalue weighted by atomic mass is 79.9. The molecule has 1 heterocycles. The van der Waals surface area contributed by atoms with E-state index in [9.17, 15) is 0 Å². The first kappa shape index (κ1) is 25.5. The number of pyridine rings is 1. The molecule has 0 unspecified atom stereocenters. The Labute approximate surface area is 246 Å². The van der Waals surface area contributed by atoms with Crippen LogP contribution in [0.5, 0.6) is 0 Å². The maximum absolute atomic E-state index is 4.82. The minimum Gasteiger partial charge on any atom is -0.260 e. The molecule has 0 amide bonds. The quantitative estimate of drug-likeness (QED) is 0.189. The molecule has 0 spiro atoms. The van der Waals surface area contributed by atoms with Gasteiger partial charge in [-0.1, -0.05) is 147 Å². The van der Waals surface area contributed by atoms with Crippen LogP contribution in [0, 0.1) is 0 Å². The fraction of sp³-hybridized carbons (Fsp3) is 0.0278. The van der Waals surface area contributed by atoms with E-state index in [4.69, 9.17) is 4.98 Å². The summed E-state index contributed by atoms with van der Waals surface area (Å²) in [6, 6.07) is 50.8. The van der Waals surface area contributed by atoms with E-state index in [0.717, 1.165) is 14.6 Å². The van der Waals surface area contributed by atoms with E-state index in [1.807, 2.05) is 30.5 Å². The van der Waals surface area contributed by atoms with E-state index < -0.39 is 5.41 Å². The number of rotatable bonds is 3. The standard InChI is InChI=1S/C24H16BrN.C12H9Br/c25-18-9-7-8-17(16-18)24(23-14-5-6-15-26-23)21-12-3-1-10-19(21)20-11-2-4-13-22(20)24;13-12-9-5-4-8-11(12)10-6-2-1-3-7-10/h1-16H;1-9H. The molecule has 1 aliphatic carbocycles. The first-order valence-corrected chi connectivity index (χ1v) is 14.4. The minimum absolute atomic E-state index is 0.405. The molecule has 1 aliphatic rings. The summed E-state index contributed by atoms with van der Waals surface area (Å²) < 4.78 is 2.22. The fourth-order valence-corrected chi connectivity index (χ4v) is 6.50. The molecule has 39 heavy (non-hydrogen) atoms. The van der Waals surface area contributed by atoms with Crippen molar-refractivity contribution in [2.75, 3.05) is 0 Å². The van der Waals surface area contributed by atoms with Gasteiger partial charge in [0.25, 0.3) is 0 Å². The number of fused-ring (bicyclic) bond motifs is 3. The summed E-state index contributed by atoms with van der Waals surface area (Å²) in [7, 11) is 0. The maximum Gasteiger partial charge on any atom is 0.0886 e. The lowest BCUT2D eigenvalue weighted by Crippen LogP contribution is -2.29. The van der Waals surface area contributed by atoms with Crippen LogP contribution in [0.4, 0.5) is 0 Å². The van der Waals surface area contributed by atoms with Gasteiger partial charge in [-0.15, -0.1) is 0 Å². The van der Waals surface area contributed by atoms with Gasteiger partial charge < -0.3 is 0 Å². The number of hydrogen-bond acceptors (Lipinski definition) is 1. The molecule has 1 aromatic heterocycles. The second-order valence-corrected chi connectivity index (χ2v) is 11.2. The van der Waals surface area contributed by atoms with Crippen LogP contribution in [0.25, 0.3) is 22.3 Å². The first-order valence-electron chi connectivity index (χ1n) is 12.9. The van der Waals surface area contributed by atoms with E-state index in [-0.39, 0.29) is 0 Å². The zero-order valence-electron chi connectivity index (χ0n) is 21.1. The van der Waals surface area contributed by atoms with Crippen molar-refractivity contribution in [2.24, 2.45) is 0 Å². The smallest absolute Gasteiger partial charge is 0.0886 e. The van der Waals surface area contributed by atoms with Gasteiger partial charge >= 0.3 is 0 Å². The molecule has 6 aromatic rings. The van der Waals surface area contributed by atoms with Gasteiger partial charge in [0.2, 0.25) is 0 Å². The zero-order chi connectivity index (χ0) is 26.7. The Kier molecular flexibility index (Phi) is 7.28. The van der Waals surface area contributed by atoms with Gasteiger partial charge in [-0.2, -0.15) is 0 Å². The van der Waals surface area contributed by atoms with E-state index in [1.54, 1.807) is 0 Å². The molecule has 3 heteroatoms. The molecule has 0 N–H and O–H groups in total. The van der Waals surface area contributed by atoms with Crippen LogP contribution < -0.4 is 0 Å². The second-order valence-electron chi connectivity index (χ2n) is 9.41. The number of nitrogens with zero attached hydrogens (tertiary/aromatic N) is 1. The number of hydrogen-bond donors (Lipinski definition) is 0. The van der Waals surface area contributed by atoms with Gasteiger partial charge in [-0.25, -0.2) is 0 Å². The molecule has 0 saturated heterocycles. The summed E-state index contributed by atoms with van der Waals surface area (Å²) in [5.41, 5.74) is 9.51. The predicted molar refractivity (Wildman–Crippen MR) is 169 cm³/mol. The van der Waals surface area contributed by atoms with Crippen molar-refractivity contribution in [3.63, 3.8) is 0 Å². The summed E-state index contributed by atoms with van der Waals surface area (Å²) in [6.07, 6.45) is 1.89. The predicted octanol–water partition coefficient (Wildman–Crippen LogP) is 10.3. The van der Waals surface area contributed by atoms with Crippen LogP contribution in [0.3, 0.4) is 0 Å². The molecule has 0 aliphatic heterocycles. The molecule has 0 atom stereocenters. The highest BCUT2D eigenvalue weighted by Gasteiger charge is 2.46. The van der Waals surface area contributed by atoms with Crippen molar-refractivity contribution in [3.05, 3.63) is 183 Å². The van der Waals surface area contributed by atoms with Gasteiger partial charge in [-0.05, 0) is 69.3 Å². The highest BCUT2D eigenvalue weighted by molar-refractivity contribution is 9.10. The number of aromatic nitrogens is 1. The SMILES string of the molecule is Brc1cccc(C2(c3ccccn3)c3ccccc3-c3ccccc32)c1.Brc1ccccc1-c1ccccc1. The van der Waals surface area contributed by atoms with E-state index in [1.165, 1.54) is 38.9 Å². The average Bonchev–Trinajstić information content (AvgIpc) is 3.30. The lowest BCUT2D eigenvalue weighted by Gasteiger charge is -2.32. The summed E-state index contributed by atoms with van der Waals surface area (Å²) in [5.74, 6) is 0. The average molecular weight is 631 g/mol. The summed E-state index contributed by atoms with van der Waals surface area (Å²) >= 11 is 7.20. The van der Waals surface area contributed by atoms with Crippen LogP contribution in [0.15, 0.2) is 161 Å². The molecular weight excluding hydrogens is 606 g/mol. The van der Waals surface area contributed by atoms with Crippen molar-refractivity contribution in [2.45, 2.75) is 5.41 Å². The summed E-state index contributed by atoms with van der Waals surface area (Å²) in [6.45, 7) is 0. The Balaban J connectivity index is 0.000000179. The Morgan fingerprint density at radius 3 is 1.69 bits per heavy atom. The normalized spacial score (nSPS) is 12.6. The fourth-order valence-electron chi connectivity index (χ4n) is 5.59. The molecule has 5 aromatic carbocycles. The Bertz CT molecular complexity index is 1680. The van der Waals surface area contributed by atoms with Gasteiger partial charge in [0.1, 0.15) is 0 Å². The molecule has 0 radical (unpaired) electrons. The number of halogens is 2. The zero-order valence-corrected chi connectivity index (χ0v) is 24.3. The lowest BCUT2D eigenvalue weighted by atomic mass is 9.70. The van der Waals surface area contributed by atoms with Gasteiger partial charge in [0.15, 0.2) is 0 Å². The van der Waals surface area contributed by atoms with Crippen molar-refractivity contribution < 1.29 is 0 Å². The van der Waals surface area contributed by atoms with Crippen LogP contribution in [0.2, 0.25) is 0 Å². The van der Waals surface area contributed by atoms with Crippen molar-refractivity contribution in [3.8, 4) is 22.3 Å². The molecule has 0 bridgehead atoms. The lowest BCUT2D eigenvalue weighted by molar-refractivity contribution is 0.734. The number of benzene rings is 5. The Morgan fingerprint density at radius 1 is 0.487 bits per heavy atom. The molecule has 1 nitrogen and oxygen atoms in total. The van der Waals surface area contributed by atoms with E-state index in [2.05, 4.69) is 153 Å². The topological polar surface area (TPSA) is 12.9 Å². The minimum atomic E-state index is -0.405. The van der Waals surface area contributed by atoms with Gasteiger partial charge in [-0.3, -0.25) is 4.98 Å². The van der Waals surface area contributed by atoms with Crippen LogP contribution in [-0.2, 0) is 5.41 Å². The second kappa shape index (κ2) is 11.1. The third-order valence-corrected chi connectivity index (χ3v) is 8.40. The third-order valence-electron chi connectivity index (χ3n) is 7.22. The molecular formula is C36H25Br2N. The van der Waals surface area contributed by atoms with E-state index >= 15 is 0 Å². The van der Waals surface area contributed by atoms with Gasteiger partial charge in [0.05, 0.1) is 11.1 Å². The molecule has 0 saturated carbocycles. The third kappa shape index (κ3) is 4.67. The summed E-state index contributed by atoms with van der Waals surface area (Å²) in [4.78, 5) is 4.82. The maximum atomic E-state index is 4.82. The van der Waals surface area contributed by atoms with Crippen LogP contribution in [-0.4, -0.2) is 4.98 Å².